The lowest BCUT2D eigenvalue weighted by molar-refractivity contribution is -0.121. The third-order valence-electron chi connectivity index (χ3n) is 5.48. The maximum atomic E-state index is 12.9. The molecule has 0 radical (unpaired) electrons. The van der Waals surface area contributed by atoms with Gasteiger partial charge in [-0.05, 0) is 67.1 Å². The van der Waals surface area contributed by atoms with Gasteiger partial charge in [0.2, 0.25) is 11.8 Å². The summed E-state index contributed by atoms with van der Waals surface area (Å²) in [5, 5.41) is 2.59. The summed E-state index contributed by atoms with van der Waals surface area (Å²) in [7, 11) is 0. The molecular formula is C26H22ClN3O5S. The lowest BCUT2D eigenvalue weighted by atomic mass is 10.2. The Hall–Kier alpha value is -3.82. The third kappa shape index (κ3) is 5.69. The van der Waals surface area contributed by atoms with Crippen LogP contribution in [0.3, 0.4) is 0 Å². The molecule has 3 N–H and O–H groups in total. The fraction of sp³-hybridized carbons (Fsp3) is 0.154. The zero-order valence-electron chi connectivity index (χ0n) is 19.2. The van der Waals surface area contributed by atoms with E-state index < -0.39 is 23.7 Å². The fourth-order valence-corrected chi connectivity index (χ4v) is 4.91. The molecule has 1 heterocycles. The molecule has 1 fully saturated rings. The summed E-state index contributed by atoms with van der Waals surface area (Å²) in [6.45, 7) is 1.28. The molecule has 1 unspecified atom stereocenters. The standard InChI is InChI=1S/C26H22ClN3O5S/c1-15-20(27)6-3-7-21(15)29-23(31)14-35-26(34)16-8-10-18(11-9-16)30-24(32)13-22(25(30)33)36-19-5-2-4-17(28)12-19/h2-12,22H,13-14,28H2,1H3,(H,29,31). The SMILES string of the molecule is Cc1c(Cl)cccc1NC(=O)COC(=O)c1ccc(N2C(=O)CC(Sc3cccc(N)c3)C2=O)cc1. The molecular weight excluding hydrogens is 502 g/mol. The monoisotopic (exact) mass is 523 g/mol. The number of hydrogen-bond acceptors (Lipinski definition) is 7. The first kappa shape index (κ1) is 25.3. The second kappa shape index (κ2) is 10.8. The zero-order chi connectivity index (χ0) is 25.8. The number of nitrogens with two attached hydrogens (primary N) is 1. The molecule has 184 valence electrons. The quantitative estimate of drug-likeness (QED) is 0.267. The van der Waals surface area contributed by atoms with Crippen LogP contribution in [0.1, 0.15) is 22.3 Å². The molecule has 36 heavy (non-hydrogen) atoms. The molecule has 1 atom stereocenters. The number of nitrogens with zero attached hydrogens (tertiary/aromatic N) is 1. The highest BCUT2D eigenvalue weighted by atomic mass is 35.5. The lowest BCUT2D eigenvalue weighted by Crippen LogP contribution is -2.31. The number of carbonyl (C=O) groups excluding carboxylic acids is 4. The van der Waals surface area contributed by atoms with E-state index in [1.54, 1.807) is 43.3 Å². The number of thioether (sulfide) groups is 1. The summed E-state index contributed by atoms with van der Waals surface area (Å²) in [6, 6.07) is 18.1. The molecule has 8 nitrogen and oxygen atoms in total. The highest BCUT2D eigenvalue weighted by Gasteiger charge is 2.40. The zero-order valence-corrected chi connectivity index (χ0v) is 20.8. The molecule has 0 aromatic heterocycles. The van der Waals surface area contributed by atoms with Crippen molar-refractivity contribution < 1.29 is 23.9 Å². The molecule has 4 rings (SSSR count). The molecule has 0 bridgehead atoms. The average molecular weight is 524 g/mol. The first-order valence-corrected chi connectivity index (χ1v) is 12.2. The van der Waals surface area contributed by atoms with Crippen LogP contribution in [0, 0.1) is 6.92 Å². The van der Waals surface area contributed by atoms with Gasteiger partial charge in [-0.15, -0.1) is 11.8 Å². The maximum absolute atomic E-state index is 12.9. The van der Waals surface area contributed by atoms with Crippen LogP contribution < -0.4 is 16.0 Å². The van der Waals surface area contributed by atoms with Crippen LogP contribution in [0.5, 0.6) is 0 Å². The van der Waals surface area contributed by atoms with Gasteiger partial charge in [0, 0.05) is 27.7 Å². The molecule has 3 aromatic rings. The molecule has 1 aliphatic heterocycles. The average Bonchev–Trinajstić information content (AvgIpc) is 3.13. The maximum Gasteiger partial charge on any atom is 0.338 e. The van der Waals surface area contributed by atoms with Crippen molar-refractivity contribution >= 4 is 64.1 Å². The Bertz CT molecular complexity index is 1350. The number of rotatable bonds is 7. The number of nitrogen functional groups attached to an aromatic ring is 1. The van der Waals surface area contributed by atoms with Crippen molar-refractivity contribution in [2.45, 2.75) is 23.5 Å². The van der Waals surface area contributed by atoms with Gasteiger partial charge in [-0.3, -0.25) is 14.4 Å². The normalized spacial score (nSPS) is 15.2. The van der Waals surface area contributed by atoms with E-state index >= 15 is 0 Å². The Kier molecular flexibility index (Phi) is 7.61. The van der Waals surface area contributed by atoms with Gasteiger partial charge in [0.15, 0.2) is 6.61 Å². The highest BCUT2D eigenvalue weighted by molar-refractivity contribution is 8.00. The van der Waals surface area contributed by atoms with E-state index in [-0.39, 0.29) is 23.8 Å². The second-order valence-electron chi connectivity index (χ2n) is 8.03. The van der Waals surface area contributed by atoms with Crippen LogP contribution in [0.2, 0.25) is 5.02 Å². The molecule has 3 aromatic carbocycles. The number of anilines is 3. The summed E-state index contributed by atoms with van der Waals surface area (Å²) < 4.78 is 5.09. The Balaban J connectivity index is 1.35. The van der Waals surface area contributed by atoms with Crippen LogP contribution >= 0.6 is 23.4 Å². The minimum Gasteiger partial charge on any atom is -0.452 e. The number of nitrogens with one attached hydrogen (secondary N) is 1. The number of benzene rings is 3. The van der Waals surface area contributed by atoms with E-state index in [0.717, 1.165) is 9.80 Å². The van der Waals surface area contributed by atoms with E-state index in [1.807, 2.05) is 6.07 Å². The lowest BCUT2D eigenvalue weighted by Gasteiger charge is -2.15. The van der Waals surface area contributed by atoms with Crippen LogP contribution in [-0.4, -0.2) is 35.5 Å². The van der Waals surface area contributed by atoms with Crippen molar-refractivity contribution in [3.63, 3.8) is 0 Å². The fourth-order valence-electron chi connectivity index (χ4n) is 3.61. The van der Waals surface area contributed by atoms with Crippen molar-refractivity contribution in [2.75, 3.05) is 22.6 Å². The van der Waals surface area contributed by atoms with Gasteiger partial charge in [0.25, 0.3) is 5.91 Å². The van der Waals surface area contributed by atoms with E-state index in [0.29, 0.717) is 27.6 Å². The van der Waals surface area contributed by atoms with E-state index in [1.165, 1.54) is 36.0 Å². The van der Waals surface area contributed by atoms with Gasteiger partial charge in [-0.2, -0.15) is 0 Å². The smallest absolute Gasteiger partial charge is 0.338 e. The Labute approximate surface area is 216 Å². The van der Waals surface area contributed by atoms with E-state index in [9.17, 15) is 19.2 Å². The van der Waals surface area contributed by atoms with Crippen molar-refractivity contribution in [1.29, 1.82) is 0 Å². The first-order valence-electron chi connectivity index (χ1n) is 10.9. The second-order valence-corrected chi connectivity index (χ2v) is 9.72. The van der Waals surface area contributed by atoms with Gasteiger partial charge >= 0.3 is 5.97 Å². The Morgan fingerprint density at radius 1 is 1.11 bits per heavy atom. The number of hydrogen-bond donors (Lipinski definition) is 2. The van der Waals surface area contributed by atoms with Gasteiger partial charge in [-0.25, -0.2) is 9.69 Å². The highest BCUT2D eigenvalue weighted by Crippen LogP contribution is 2.34. The topological polar surface area (TPSA) is 119 Å². The minimum absolute atomic E-state index is 0.0588. The van der Waals surface area contributed by atoms with Gasteiger partial charge in [0.05, 0.1) is 16.5 Å². The van der Waals surface area contributed by atoms with E-state index in [2.05, 4.69) is 5.32 Å². The van der Waals surface area contributed by atoms with Crippen LogP contribution in [0.15, 0.2) is 71.6 Å². The summed E-state index contributed by atoms with van der Waals surface area (Å²) in [6.07, 6.45) is 0.0588. The van der Waals surface area contributed by atoms with Crippen LogP contribution in [-0.2, 0) is 19.1 Å². The van der Waals surface area contributed by atoms with Crippen molar-refractivity contribution in [2.24, 2.45) is 0 Å². The minimum atomic E-state index is -0.714. The summed E-state index contributed by atoms with van der Waals surface area (Å²) in [5.74, 6) is -1.89. The molecule has 1 aliphatic rings. The van der Waals surface area contributed by atoms with E-state index in [4.69, 9.17) is 22.1 Å². The number of ether oxygens (including phenoxy) is 1. The molecule has 0 spiro atoms. The largest absolute Gasteiger partial charge is 0.452 e. The number of imide groups is 1. The molecule has 0 saturated carbocycles. The van der Waals surface area contributed by atoms with Crippen molar-refractivity contribution in [1.82, 2.24) is 0 Å². The van der Waals surface area contributed by atoms with Crippen LogP contribution in [0.4, 0.5) is 17.1 Å². The Morgan fingerprint density at radius 2 is 1.83 bits per heavy atom. The van der Waals surface area contributed by atoms with Crippen LogP contribution in [0.25, 0.3) is 0 Å². The Morgan fingerprint density at radius 3 is 2.56 bits per heavy atom. The van der Waals surface area contributed by atoms with Crippen molar-refractivity contribution in [3.05, 3.63) is 82.9 Å². The molecule has 10 heteroatoms. The summed E-state index contributed by atoms with van der Waals surface area (Å²) >= 11 is 7.33. The number of esters is 1. The molecule has 0 aliphatic carbocycles. The summed E-state index contributed by atoms with van der Waals surface area (Å²) in [5.41, 5.74) is 8.13. The van der Waals surface area contributed by atoms with Gasteiger partial charge in [0.1, 0.15) is 0 Å². The van der Waals surface area contributed by atoms with Crippen molar-refractivity contribution in [3.8, 4) is 0 Å². The number of carbonyl (C=O) groups is 4. The van der Waals surface area contributed by atoms with Gasteiger partial charge < -0.3 is 15.8 Å². The summed E-state index contributed by atoms with van der Waals surface area (Å²) in [4.78, 5) is 51.9. The predicted molar refractivity (Wildman–Crippen MR) is 139 cm³/mol. The molecule has 3 amide bonds. The third-order valence-corrected chi connectivity index (χ3v) is 7.07. The van der Waals surface area contributed by atoms with Gasteiger partial charge in [-0.1, -0.05) is 23.7 Å². The first-order chi connectivity index (χ1) is 17.2. The number of halogens is 1. The number of amides is 3. The molecule has 1 saturated heterocycles. The predicted octanol–water partition coefficient (Wildman–Crippen LogP) is 4.45.